The topological polar surface area (TPSA) is 84.9 Å². The molecule has 0 radical (unpaired) electrons. The number of rotatable bonds is 6. The van der Waals surface area contributed by atoms with Crippen LogP contribution in [0.3, 0.4) is 0 Å². The molecule has 8 heteroatoms. The third-order valence-corrected chi connectivity index (χ3v) is 5.54. The van der Waals surface area contributed by atoms with Crippen LogP contribution >= 0.6 is 0 Å². The molecule has 0 aliphatic carbocycles. The molecule has 0 heterocycles. The van der Waals surface area contributed by atoms with Crippen molar-refractivity contribution in [2.45, 2.75) is 13.8 Å². The maximum Gasteiger partial charge on any atom is 0.257 e. The summed E-state index contributed by atoms with van der Waals surface area (Å²) >= 11 is 0. The molecular weight excluding hydrogens is 368 g/mol. The Balaban J connectivity index is 2.54. The fourth-order valence-electron chi connectivity index (χ4n) is 2.51. The molecule has 1 amide bonds. The van der Waals surface area contributed by atoms with Crippen molar-refractivity contribution < 1.29 is 22.7 Å². The molecule has 0 saturated heterocycles. The number of sulfonamides is 1. The molecule has 1 N–H and O–H groups in total. The van der Waals surface area contributed by atoms with Gasteiger partial charge in [-0.3, -0.25) is 9.10 Å². The second kappa shape index (κ2) is 7.87. The highest BCUT2D eigenvalue weighted by atomic mass is 32.2. The van der Waals surface area contributed by atoms with Crippen molar-refractivity contribution in [1.29, 1.82) is 0 Å². The summed E-state index contributed by atoms with van der Waals surface area (Å²) in [5.41, 5.74) is 3.10. The molecular formula is C19H24N2O5S. The quantitative estimate of drug-likeness (QED) is 0.817. The lowest BCUT2D eigenvalue weighted by atomic mass is 10.1. The summed E-state index contributed by atoms with van der Waals surface area (Å²) in [5, 5.41) is 2.80. The fourth-order valence-corrected chi connectivity index (χ4v) is 3.02. The van der Waals surface area contributed by atoms with Crippen LogP contribution in [0, 0.1) is 13.8 Å². The summed E-state index contributed by atoms with van der Waals surface area (Å²) in [6, 6.07) is 8.49. The van der Waals surface area contributed by atoms with Crippen molar-refractivity contribution in [3.05, 3.63) is 47.0 Å². The molecule has 146 valence electrons. The highest BCUT2D eigenvalue weighted by Gasteiger charge is 2.23. The molecule has 0 aromatic heterocycles. The Morgan fingerprint density at radius 3 is 2.11 bits per heavy atom. The highest BCUT2D eigenvalue weighted by Crippen LogP contribution is 2.36. The van der Waals surface area contributed by atoms with Gasteiger partial charge in [0, 0.05) is 18.8 Å². The lowest BCUT2D eigenvalue weighted by Gasteiger charge is -2.22. The molecule has 0 aliphatic heterocycles. The van der Waals surface area contributed by atoms with Gasteiger partial charge < -0.3 is 14.8 Å². The van der Waals surface area contributed by atoms with E-state index in [-0.39, 0.29) is 11.3 Å². The number of hydrogen-bond acceptors (Lipinski definition) is 5. The van der Waals surface area contributed by atoms with Gasteiger partial charge in [0.1, 0.15) is 0 Å². The van der Waals surface area contributed by atoms with Crippen LogP contribution in [0.5, 0.6) is 11.5 Å². The maximum absolute atomic E-state index is 12.9. The molecule has 0 saturated carbocycles. The van der Waals surface area contributed by atoms with E-state index < -0.39 is 15.9 Å². The van der Waals surface area contributed by atoms with Crippen LogP contribution in [-0.4, -0.2) is 41.8 Å². The first-order valence-electron chi connectivity index (χ1n) is 8.17. The van der Waals surface area contributed by atoms with E-state index in [2.05, 4.69) is 5.32 Å². The number of amides is 1. The zero-order valence-electron chi connectivity index (χ0n) is 16.3. The van der Waals surface area contributed by atoms with Gasteiger partial charge in [-0.2, -0.15) is 0 Å². The molecule has 0 bridgehead atoms. The second-order valence-corrected chi connectivity index (χ2v) is 8.22. The van der Waals surface area contributed by atoms with Gasteiger partial charge in [0.05, 0.1) is 31.7 Å². The van der Waals surface area contributed by atoms with Crippen molar-refractivity contribution in [3.63, 3.8) is 0 Å². The Labute approximate surface area is 160 Å². The van der Waals surface area contributed by atoms with Crippen molar-refractivity contribution in [1.82, 2.24) is 0 Å². The first-order valence-corrected chi connectivity index (χ1v) is 10.0. The smallest absolute Gasteiger partial charge is 0.257 e. The SMILES string of the molecule is COc1cc(C(=O)Nc2ccc(C)c(C)c2)c(N(C)S(C)(=O)=O)cc1OC. The van der Waals surface area contributed by atoms with E-state index in [4.69, 9.17) is 9.47 Å². The van der Waals surface area contributed by atoms with Gasteiger partial charge in [-0.15, -0.1) is 0 Å². The van der Waals surface area contributed by atoms with Crippen LogP contribution in [0.2, 0.25) is 0 Å². The molecule has 2 aromatic rings. The van der Waals surface area contributed by atoms with Crippen LogP contribution < -0.4 is 19.1 Å². The van der Waals surface area contributed by atoms with Crippen LogP contribution in [-0.2, 0) is 10.0 Å². The van der Waals surface area contributed by atoms with Gasteiger partial charge in [0.15, 0.2) is 11.5 Å². The number of carbonyl (C=O) groups excluding carboxylic acids is 1. The molecule has 0 spiro atoms. The Kier molecular flexibility index (Phi) is 6.00. The predicted molar refractivity (Wildman–Crippen MR) is 107 cm³/mol. The Hall–Kier alpha value is -2.74. The number of methoxy groups -OCH3 is 2. The largest absolute Gasteiger partial charge is 0.493 e. The number of nitrogens with zero attached hydrogens (tertiary/aromatic N) is 1. The number of ether oxygens (including phenoxy) is 2. The minimum atomic E-state index is -3.58. The highest BCUT2D eigenvalue weighted by molar-refractivity contribution is 7.92. The van der Waals surface area contributed by atoms with Gasteiger partial charge in [-0.25, -0.2) is 8.42 Å². The average Bonchev–Trinajstić information content (AvgIpc) is 2.62. The standard InChI is InChI=1S/C19H24N2O5S/c1-12-7-8-14(9-13(12)2)20-19(22)15-10-17(25-4)18(26-5)11-16(15)21(3)27(6,23)24/h7-11H,1-6H3,(H,20,22). The number of anilines is 2. The lowest BCUT2D eigenvalue weighted by Crippen LogP contribution is -2.28. The summed E-state index contributed by atoms with van der Waals surface area (Å²) in [6.07, 6.45) is 1.06. The molecule has 27 heavy (non-hydrogen) atoms. The first kappa shape index (κ1) is 20.6. The van der Waals surface area contributed by atoms with Crippen molar-refractivity contribution in [2.24, 2.45) is 0 Å². The number of nitrogens with one attached hydrogen (secondary N) is 1. The van der Waals surface area contributed by atoms with Crippen LogP contribution in [0.4, 0.5) is 11.4 Å². The van der Waals surface area contributed by atoms with E-state index in [1.807, 2.05) is 26.0 Å². The first-order chi connectivity index (χ1) is 12.6. The summed E-state index contributed by atoms with van der Waals surface area (Å²) in [6.45, 7) is 3.93. The van der Waals surface area contributed by atoms with Crippen molar-refractivity contribution >= 4 is 27.3 Å². The van der Waals surface area contributed by atoms with Crippen LogP contribution in [0.1, 0.15) is 21.5 Å². The van der Waals surface area contributed by atoms with E-state index in [0.717, 1.165) is 21.7 Å². The predicted octanol–water partition coefficient (Wildman–Crippen LogP) is 2.97. The van der Waals surface area contributed by atoms with Gasteiger partial charge in [-0.05, 0) is 43.2 Å². The Morgan fingerprint density at radius 1 is 1.00 bits per heavy atom. The van der Waals surface area contributed by atoms with Gasteiger partial charge in [0.25, 0.3) is 5.91 Å². The third kappa shape index (κ3) is 4.51. The van der Waals surface area contributed by atoms with Crippen molar-refractivity contribution in [2.75, 3.05) is 37.1 Å². The Bertz CT molecular complexity index is 970. The summed E-state index contributed by atoms with van der Waals surface area (Å²) in [7, 11) is 0.682. The normalized spacial score (nSPS) is 11.0. The van der Waals surface area contributed by atoms with E-state index in [1.165, 1.54) is 33.4 Å². The van der Waals surface area contributed by atoms with Crippen molar-refractivity contribution in [3.8, 4) is 11.5 Å². The fraction of sp³-hybridized carbons (Fsp3) is 0.316. The number of aryl methyl sites for hydroxylation is 2. The lowest BCUT2D eigenvalue weighted by molar-refractivity contribution is 0.102. The van der Waals surface area contributed by atoms with E-state index in [0.29, 0.717) is 17.2 Å². The zero-order chi connectivity index (χ0) is 20.4. The minimum Gasteiger partial charge on any atom is -0.493 e. The van der Waals surface area contributed by atoms with E-state index in [9.17, 15) is 13.2 Å². The van der Waals surface area contributed by atoms with E-state index in [1.54, 1.807) is 6.07 Å². The summed E-state index contributed by atoms with van der Waals surface area (Å²) in [5.74, 6) is 0.198. The van der Waals surface area contributed by atoms with Gasteiger partial charge in [0.2, 0.25) is 10.0 Å². The summed E-state index contributed by atoms with van der Waals surface area (Å²) < 4.78 is 35.6. The second-order valence-electron chi connectivity index (χ2n) is 6.21. The molecule has 0 unspecified atom stereocenters. The van der Waals surface area contributed by atoms with Gasteiger partial charge in [-0.1, -0.05) is 6.07 Å². The monoisotopic (exact) mass is 392 g/mol. The Morgan fingerprint density at radius 2 is 1.59 bits per heavy atom. The molecule has 2 aromatic carbocycles. The molecule has 0 fully saturated rings. The maximum atomic E-state index is 12.9. The van der Waals surface area contributed by atoms with Gasteiger partial charge >= 0.3 is 0 Å². The molecule has 0 aliphatic rings. The third-order valence-electron chi connectivity index (χ3n) is 4.35. The molecule has 0 atom stereocenters. The molecule has 2 rings (SSSR count). The van der Waals surface area contributed by atoms with Crippen LogP contribution in [0.15, 0.2) is 30.3 Å². The summed E-state index contributed by atoms with van der Waals surface area (Å²) in [4.78, 5) is 12.9. The average molecular weight is 392 g/mol. The minimum absolute atomic E-state index is 0.152. The molecule has 7 nitrogen and oxygen atoms in total. The van der Waals surface area contributed by atoms with Crippen LogP contribution in [0.25, 0.3) is 0 Å². The number of carbonyl (C=O) groups is 1. The van der Waals surface area contributed by atoms with E-state index >= 15 is 0 Å². The number of benzene rings is 2. The zero-order valence-corrected chi connectivity index (χ0v) is 17.1. The number of hydrogen-bond donors (Lipinski definition) is 1.